The number of benzene rings is 2. The van der Waals surface area contributed by atoms with Gasteiger partial charge >= 0.3 is 0 Å². The van der Waals surface area contributed by atoms with E-state index in [1.54, 1.807) is 0 Å². The van der Waals surface area contributed by atoms with Gasteiger partial charge in [0.25, 0.3) is 0 Å². The van der Waals surface area contributed by atoms with Crippen molar-refractivity contribution in [1.29, 1.82) is 0 Å². The molecule has 1 aliphatic carbocycles. The molecule has 2 aromatic carbocycles. The van der Waals surface area contributed by atoms with Gasteiger partial charge in [0.1, 0.15) is 0 Å². The van der Waals surface area contributed by atoms with Crippen LogP contribution in [0.4, 0.5) is 0 Å². The van der Waals surface area contributed by atoms with E-state index in [9.17, 15) is 0 Å². The number of rotatable bonds is 4. The van der Waals surface area contributed by atoms with Crippen LogP contribution in [-0.4, -0.2) is 4.32 Å². The molecule has 2 aromatic rings. The Labute approximate surface area is 140 Å². The van der Waals surface area contributed by atoms with Crippen LogP contribution in [0.15, 0.2) is 84.6 Å². The lowest BCUT2D eigenvalue weighted by Crippen LogP contribution is -2.38. The van der Waals surface area contributed by atoms with E-state index in [1.807, 2.05) is 6.08 Å². The maximum absolute atomic E-state index is 6.34. The second kappa shape index (κ2) is 6.53. The lowest BCUT2D eigenvalue weighted by atomic mass is 9.78. The quantitative estimate of drug-likeness (QED) is 0.796. The fraction of sp³-hybridized carbons (Fsp3) is 0.200. The van der Waals surface area contributed by atoms with Gasteiger partial charge < -0.3 is 5.73 Å². The zero-order valence-corrected chi connectivity index (χ0v) is 14.0. The largest absolute Gasteiger partial charge is 0.402 e. The topological polar surface area (TPSA) is 26.0 Å². The molecule has 0 bridgehead atoms. The molecule has 0 aliphatic heterocycles. The molecule has 0 aromatic heterocycles. The van der Waals surface area contributed by atoms with Crippen LogP contribution in [-0.2, 0) is 12.8 Å². The lowest BCUT2D eigenvalue weighted by molar-refractivity contribution is 0.487. The molecule has 2 unspecified atom stereocenters. The van der Waals surface area contributed by atoms with Crippen molar-refractivity contribution >= 4 is 15.9 Å². The highest BCUT2D eigenvalue weighted by atomic mass is 79.9. The Hall–Kier alpha value is -1.80. The van der Waals surface area contributed by atoms with Crippen molar-refractivity contribution in [2.24, 2.45) is 11.7 Å². The number of halogens is 1. The molecular formula is C20H20BrN. The fourth-order valence-electron chi connectivity index (χ4n) is 3.06. The smallest absolute Gasteiger partial charge is 0.0565 e. The third-order valence-electron chi connectivity index (χ3n) is 4.24. The molecule has 0 saturated carbocycles. The Morgan fingerprint density at radius 1 is 0.909 bits per heavy atom. The van der Waals surface area contributed by atoms with E-state index in [1.165, 1.54) is 11.1 Å². The Morgan fingerprint density at radius 3 is 2.14 bits per heavy atom. The Balaban J connectivity index is 1.87. The van der Waals surface area contributed by atoms with E-state index in [0.717, 1.165) is 18.5 Å². The van der Waals surface area contributed by atoms with Crippen molar-refractivity contribution < 1.29 is 0 Å². The van der Waals surface area contributed by atoms with Crippen LogP contribution in [0, 0.1) is 5.92 Å². The summed E-state index contributed by atoms with van der Waals surface area (Å²) < 4.78 is -0.136. The van der Waals surface area contributed by atoms with Gasteiger partial charge in [0.05, 0.1) is 4.32 Å². The summed E-state index contributed by atoms with van der Waals surface area (Å²) in [6, 6.07) is 21.1. The van der Waals surface area contributed by atoms with E-state index in [2.05, 4.69) is 88.7 Å². The summed E-state index contributed by atoms with van der Waals surface area (Å²) in [5, 5.41) is 0. The van der Waals surface area contributed by atoms with Crippen LogP contribution < -0.4 is 5.73 Å². The molecule has 0 spiro atoms. The molecule has 0 saturated heterocycles. The summed E-state index contributed by atoms with van der Waals surface area (Å²) in [5.74, 6) is 0.250. The molecule has 1 aliphatic rings. The molecule has 0 fully saturated rings. The van der Waals surface area contributed by atoms with Gasteiger partial charge in [0.2, 0.25) is 0 Å². The Morgan fingerprint density at radius 2 is 1.50 bits per heavy atom. The zero-order valence-electron chi connectivity index (χ0n) is 12.5. The van der Waals surface area contributed by atoms with E-state index in [-0.39, 0.29) is 10.2 Å². The number of hydrogen-bond donors (Lipinski definition) is 1. The average molecular weight is 354 g/mol. The highest BCUT2D eigenvalue weighted by Gasteiger charge is 2.37. The van der Waals surface area contributed by atoms with Crippen molar-refractivity contribution in [2.75, 3.05) is 0 Å². The van der Waals surface area contributed by atoms with Crippen molar-refractivity contribution in [3.05, 3.63) is 95.7 Å². The van der Waals surface area contributed by atoms with Gasteiger partial charge in [-0.25, -0.2) is 0 Å². The van der Waals surface area contributed by atoms with Crippen LogP contribution >= 0.6 is 15.9 Å². The predicted molar refractivity (Wildman–Crippen MR) is 96.9 cm³/mol. The Bertz CT molecular complexity index is 675. The van der Waals surface area contributed by atoms with Crippen molar-refractivity contribution in [2.45, 2.75) is 17.2 Å². The molecule has 2 N–H and O–H groups in total. The monoisotopic (exact) mass is 353 g/mol. The van der Waals surface area contributed by atoms with E-state index in [4.69, 9.17) is 5.73 Å². The minimum Gasteiger partial charge on any atom is -0.402 e. The maximum atomic E-state index is 6.34. The van der Waals surface area contributed by atoms with Gasteiger partial charge in [0, 0.05) is 11.6 Å². The lowest BCUT2D eigenvalue weighted by Gasteiger charge is -2.36. The summed E-state index contributed by atoms with van der Waals surface area (Å²) in [6.07, 6.45) is 8.19. The summed E-state index contributed by atoms with van der Waals surface area (Å²) in [6.45, 7) is 0. The van der Waals surface area contributed by atoms with Gasteiger partial charge in [-0.3, -0.25) is 0 Å². The summed E-state index contributed by atoms with van der Waals surface area (Å²) in [5.41, 5.74) is 9.91. The maximum Gasteiger partial charge on any atom is 0.0565 e. The van der Waals surface area contributed by atoms with E-state index < -0.39 is 0 Å². The second-order valence-corrected chi connectivity index (χ2v) is 7.33. The zero-order chi connectivity index (χ0) is 15.4. The molecule has 0 heterocycles. The third kappa shape index (κ3) is 3.33. The fourth-order valence-corrected chi connectivity index (χ4v) is 3.96. The molecular weight excluding hydrogens is 334 g/mol. The van der Waals surface area contributed by atoms with Gasteiger partial charge in [-0.15, -0.1) is 0 Å². The second-order valence-electron chi connectivity index (χ2n) is 5.86. The summed E-state index contributed by atoms with van der Waals surface area (Å²) in [7, 11) is 0. The number of hydrogen-bond acceptors (Lipinski definition) is 1. The molecule has 0 radical (unpaired) electrons. The number of alkyl halides is 1. The average Bonchev–Trinajstić information content (AvgIpc) is 2.53. The SMILES string of the molecule is NC1=CC=CC(Br)(Cc2ccccc2)C1Cc1ccccc1. The van der Waals surface area contributed by atoms with Crippen molar-refractivity contribution in [3.8, 4) is 0 Å². The first kappa shape index (κ1) is 15.1. The molecule has 0 amide bonds. The Kier molecular flexibility index (Phi) is 4.49. The van der Waals surface area contributed by atoms with Crippen molar-refractivity contribution in [1.82, 2.24) is 0 Å². The molecule has 112 valence electrons. The molecule has 3 rings (SSSR count). The van der Waals surface area contributed by atoms with Gasteiger partial charge in [-0.2, -0.15) is 0 Å². The first-order valence-electron chi connectivity index (χ1n) is 7.59. The van der Waals surface area contributed by atoms with Crippen LogP contribution in [0.2, 0.25) is 0 Å². The number of allylic oxidation sites excluding steroid dienone is 4. The minimum atomic E-state index is -0.136. The van der Waals surface area contributed by atoms with Crippen LogP contribution in [0.1, 0.15) is 11.1 Å². The van der Waals surface area contributed by atoms with Crippen LogP contribution in [0.3, 0.4) is 0 Å². The molecule has 22 heavy (non-hydrogen) atoms. The van der Waals surface area contributed by atoms with E-state index in [0.29, 0.717) is 0 Å². The standard InChI is InChI=1S/C20H20BrN/c21-20(15-17-10-5-2-6-11-17)13-7-12-19(22)18(20)14-16-8-3-1-4-9-16/h1-13,18H,14-15,22H2. The minimum absolute atomic E-state index is 0.136. The van der Waals surface area contributed by atoms with Gasteiger partial charge in [-0.1, -0.05) is 88.7 Å². The first-order chi connectivity index (χ1) is 10.7. The van der Waals surface area contributed by atoms with Gasteiger partial charge in [-0.05, 0) is 30.0 Å². The highest BCUT2D eigenvalue weighted by molar-refractivity contribution is 9.10. The summed E-state index contributed by atoms with van der Waals surface area (Å²) >= 11 is 3.99. The molecule has 2 heteroatoms. The predicted octanol–water partition coefficient (Wildman–Crippen LogP) is 4.63. The van der Waals surface area contributed by atoms with Crippen LogP contribution in [0.25, 0.3) is 0 Å². The summed E-state index contributed by atoms with van der Waals surface area (Å²) in [4.78, 5) is 0. The van der Waals surface area contributed by atoms with Crippen molar-refractivity contribution in [3.63, 3.8) is 0 Å². The van der Waals surface area contributed by atoms with Crippen LogP contribution in [0.5, 0.6) is 0 Å². The van der Waals surface area contributed by atoms with Gasteiger partial charge in [0.15, 0.2) is 0 Å². The normalized spacial score (nSPS) is 24.0. The third-order valence-corrected chi connectivity index (χ3v) is 5.34. The molecule has 1 nitrogen and oxygen atoms in total. The number of nitrogens with two attached hydrogens (primary N) is 1. The first-order valence-corrected chi connectivity index (χ1v) is 8.38. The van der Waals surface area contributed by atoms with E-state index >= 15 is 0 Å². The molecule has 2 atom stereocenters. The highest BCUT2D eigenvalue weighted by Crippen LogP contribution is 2.40.